The molecule has 0 aliphatic heterocycles. The summed E-state index contributed by atoms with van der Waals surface area (Å²) in [4.78, 5) is 23.3. The summed E-state index contributed by atoms with van der Waals surface area (Å²) in [6, 6.07) is 5.30. The third-order valence-corrected chi connectivity index (χ3v) is 2.90. The van der Waals surface area contributed by atoms with Crippen molar-refractivity contribution in [2.24, 2.45) is 5.92 Å². The molecule has 5 heteroatoms. The van der Waals surface area contributed by atoms with Crippen molar-refractivity contribution in [1.29, 1.82) is 0 Å². The summed E-state index contributed by atoms with van der Waals surface area (Å²) in [5, 5.41) is 5.50. The van der Waals surface area contributed by atoms with Crippen LogP contribution in [0.15, 0.2) is 18.2 Å². The summed E-state index contributed by atoms with van der Waals surface area (Å²) >= 11 is 0. The van der Waals surface area contributed by atoms with Crippen molar-refractivity contribution < 1.29 is 14.3 Å². The maximum absolute atomic E-state index is 11.9. The third-order valence-electron chi connectivity index (χ3n) is 2.90. The van der Waals surface area contributed by atoms with Gasteiger partial charge in [-0.25, -0.2) is 0 Å². The second-order valence-corrected chi connectivity index (χ2v) is 4.89. The highest BCUT2D eigenvalue weighted by Crippen LogP contribution is 2.18. The van der Waals surface area contributed by atoms with Crippen molar-refractivity contribution >= 4 is 11.8 Å². The second-order valence-electron chi connectivity index (χ2n) is 4.89. The lowest BCUT2D eigenvalue weighted by Gasteiger charge is -2.10. The van der Waals surface area contributed by atoms with Gasteiger partial charge in [-0.05, 0) is 24.6 Å². The third kappa shape index (κ3) is 4.57. The van der Waals surface area contributed by atoms with E-state index in [1.165, 1.54) is 0 Å². The van der Waals surface area contributed by atoms with Gasteiger partial charge in [-0.3, -0.25) is 9.59 Å². The number of hydrogen-bond donors (Lipinski definition) is 2. The van der Waals surface area contributed by atoms with Gasteiger partial charge in [-0.15, -0.1) is 0 Å². The molecular formula is C15H22N2O3. The molecule has 20 heavy (non-hydrogen) atoms. The van der Waals surface area contributed by atoms with Crippen LogP contribution in [0, 0.1) is 12.8 Å². The average molecular weight is 278 g/mol. The minimum Gasteiger partial charge on any atom is -0.496 e. The van der Waals surface area contributed by atoms with E-state index >= 15 is 0 Å². The smallest absolute Gasteiger partial charge is 0.251 e. The molecule has 0 atom stereocenters. The van der Waals surface area contributed by atoms with Gasteiger partial charge in [0, 0.05) is 24.6 Å². The van der Waals surface area contributed by atoms with Gasteiger partial charge in [0.05, 0.1) is 7.11 Å². The highest BCUT2D eigenvalue weighted by Gasteiger charge is 2.09. The minimum absolute atomic E-state index is 0.0174. The van der Waals surface area contributed by atoms with E-state index in [1.807, 2.05) is 26.8 Å². The number of rotatable bonds is 6. The van der Waals surface area contributed by atoms with Gasteiger partial charge in [0.2, 0.25) is 5.91 Å². The SMILES string of the molecule is COc1cc(C(=O)NCCNC(=O)C(C)C)ccc1C. The number of aryl methyl sites for hydroxylation is 1. The van der Waals surface area contributed by atoms with E-state index in [2.05, 4.69) is 10.6 Å². The molecule has 0 bridgehead atoms. The summed E-state index contributed by atoms with van der Waals surface area (Å²) in [5.41, 5.74) is 1.52. The molecule has 2 N–H and O–H groups in total. The topological polar surface area (TPSA) is 67.4 Å². The summed E-state index contributed by atoms with van der Waals surface area (Å²) in [6.45, 7) is 6.39. The summed E-state index contributed by atoms with van der Waals surface area (Å²) in [7, 11) is 1.57. The zero-order chi connectivity index (χ0) is 15.1. The summed E-state index contributed by atoms with van der Waals surface area (Å²) in [5.74, 6) is 0.441. The van der Waals surface area contributed by atoms with Crippen molar-refractivity contribution in [2.45, 2.75) is 20.8 Å². The Balaban J connectivity index is 2.45. The molecule has 0 aromatic heterocycles. The molecule has 2 amide bonds. The largest absolute Gasteiger partial charge is 0.496 e. The lowest BCUT2D eigenvalue weighted by atomic mass is 10.1. The first kappa shape index (κ1) is 16.0. The number of ether oxygens (including phenoxy) is 1. The monoisotopic (exact) mass is 278 g/mol. The number of hydrogen-bond acceptors (Lipinski definition) is 3. The van der Waals surface area contributed by atoms with Crippen LogP contribution in [0.5, 0.6) is 5.75 Å². The molecule has 0 saturated carbocycles. The lowest BCUT2D eigenvalue weighted by molar-refractivity contribution is -0.123. The van der Waals surface area contributed by atoms with Gasteiger partial charge < -0.3 is 15.4 Å². The van der Waals surface area contributed by atoms with Crippen LogP contribution in [-0.2, 0) is 4.79 Å². The zero-order valence-corrected chi connectivity index (χ0v) is 12.4. The Morgan fingerprint density at radius 2 is 1.85 bits per heavy atom. The summed E-state index contributed by atoms with van der Waals surface area (Å²) < 4.78 is 5.18. The van der Waals surface area contributed by atoms with E-state index in [0.29, 0.717) is 24.4 Å². The maximum atomic E-state index is 11.9. The quantitative estimate of drug-likeness (QED) is 0.775. The van der Waals surface area contributed by atoms with Crippen LogP contribution < -0.4 is 15.4 Å². The molecule has 0 aliphatic rings. The van der Waals surface area contributed by atoms with Gasteiger partial charge in [0.15, 0.2) is 0 Å². The molecule has 1 aromatic carbocycles. The van der Waals surface area contributed by atoms with Gasteiger partial charge >= 0.3 is 0 Å². The van der Waals surface area contributed by atoms with Crippen LogP contribution in [0.1, 0.15) is 29.8 Å². The fraction of sp³-hybridized carbons (Fsp3) is 0.467. The molecule has 5 nitrogen and oxygen atoms in total. The summed E-state index contributed by atoms with van der Waals surface area (Å²) in [6.07, 6.45) is 0. The fourth-order valence-electron chi connectivity index (χ4n) is 1.63. The van der Waals surface area contributed by atoms with Gasteiger partial charge in [-0.1, -0.05) is 19.9 Å². The van der Waals surface area contributed by atoms with E-state index in [1.54, 1.807) is 19.2 Å². The molecule has 0 unspecified atom stereocenters. The van der Waals surface area contributed by atoms with Crippen LogP contribution in [-0.4, -0.2) is 32.0 Å². The number of carbonyl (C=O) groups excluding carboxylic acids is 2. The van der Waals surface area contributed by atoms with Crippen molar-refractivity contribution in [3.63, 3.8) is 0 Å². The molecule has 0 radical (unpaired) electrons. The van der Waals surface area contributed by atoms with Crippen molar-refractivity contribution in [3.8, 4) is 5.75 Å². The zero-order valence-electron chi connectivity index (χ0n) is 12.4. The van der Waals surface area contributed by atoms with Crippen molar-refractivity contribution in [3.05, 3.63) is 29.3 Å². The van der Waals surface area contributed by atoms with Crippen LogP contribution in [0.3, 0.4) is 0 Å². The van der Waals surface area contributed by atoms with E-state index in [-0.39, 0.29) is 17.7 Å². The van der Waals surface area contributed by atoms with Crippen molar-refractivity contribution in [2.75, 3.05) is 20.2 Å². The van der Waals surface area contributed by atoms with Crippen LogP contribution in [0.25, 0.3) is 0 Å². The predicted molar refractivity (Wildman–Crippen MR) is 77.9 cm³/mol. The number of benzene rings is 1. The van der Waals surface area contributed by atoms with Crippen LogP contribution in [0.2, 0.25) is 0 Å². The molecular weight excluding hydrogens is 256 g/mol. The molecule has 0 heterocycles. The molecule has 110 valence electrons. The van der Waals surface area contributed by atoms with E-state index in [4.69, 9.17) is 4.74 Å². The molecule has 1 aromatic rings. The first-order valence-corrected chi connectivity index (χ1v) is 6.66. The van der Waals surface area contributed by atoms with Gasteiger partial charge in [0.25, 0.3) is 5.91 Å². The minimum atomic E-state index is -0.179. The Bertz CT molecular complexity index is 484. The lowest BCUT2D eigenvalue weighted by Crippen LogP contribution is -2.36. The molecule has 0 aliphatic carbocycles. The van der Waals surface area contributed by atoms with Gasteiger partial charge in [-0.2, -0.15) is 0 Å². The van der Waals surface area contributed by atoms with Crippen LogP contribution in [0.4, 0.5) is 0 Å². The number of amides is 2. The second kappa shape index (κ2) is 7.53. The Hall–Kier alpha value is -2.04. The van der Waals surface area contributed by atoms with Crippen molar-refractivity contribution in [1.82, 2.24) is 10.6 Å². The van der Waals surface area contributed by atoms with E-state index in [0.717, 1.165) is 5.56 Å². The number of carbonyl (C=O) groups is 2. The highest BCUT2D eigenvalue weighted by atomic mass is 16.5. The first-order valence-electron chi connectivity index (χ1n) is 6.66. The Morgan fingerprint density at radius 3 is 2.45 bits per heavy atom. The van der Waals surface area contributed by atoms with Crippen LogP contribution >= 0.6 is 0 Å². The fourth-order valence-corrected chi connectivity index (χ4v) is 1.63. The molecule has 1 rings (SSSR count). The van der Waals surface area contributed by atoms with E-state index in [9.17, 15) is 9.59 Å². The maximum Gasteiger partial charge on any atom is 0.251 e. The molecule has 0 saturated heterocycles. The Morgan fingerprint density at radius 1 is 1.20 bits per heavy atom. The number of methoxy groups -OCH3 is 1. The molecule has 0 spiro atoms. The molecule has 0 fully saturated rings. The van der Waals surface area contributed by atoms with Gasteiger partial charge in [0.1, 0.15) is 5.75 Å². The first-order chi connectivity index (χ1) is 9.45. The standard InChI is InChI=1S/C15H22N2O3/c1-10(2)14(18)16-7-8-17-15(19)12-6-5-11(3)13(9-12)20-4/h5-6,9-10H,7-8H2,1-4H3,(H,16,18)(H,17,19). The average Bonchev–Trinajstić information content (AvgIpc) is 2.43. The van der Waals surface area contributed by atoms with E-state index < -0.39 is 0 Å². The Kier molecular flexibility index (Phi) is 6.03. The Labute approximate surface area is 119 Å². The predicted octanol–water partition coefficient (Wildman–Crippen LogP) is 1.51. The highest BCUT2D eigenvalue weighted by molar-refractivity contribution is 5.94. The number of nitrogens with one attached hydrogen (secondary N) is 2. The normalized spacial score (nSPS) is 10.2.